The fourth-order valence-electron chi connectivity index (χ4n) is 1.75. The molecule has 0 saturated heterocycles. The normalized spacial score (nSPS) is 10.3. The summed E-state index contributed by atoms with van der Waals surface area (Å²) in [5.41, 5.74) is 2.47. The molecule has 0 unspecified atom stereocenters. The molecule has 0 bridgehead atoms. The second-order valence-electron chi connectivity index (χ2n) is 4.44. The predicted octanol–water partition coefficient (Wildman–Crippen LogP) is 2.66. The van der Waals surface area contributed by atoms with E-state index in [-0.39, 0.29) is 16.9 Å². The fraction of sp³-hybridized carbons (Fsp3) is 0. The van der Waals surface area contributed by atoms with Gasteiger partial charge < -0.3 is 5.32 Å². The minimum atomic E-state index is -0.696. The highest BCUT2D eigenvalue weighted by Gasteiger charge is 2.10. The number of carbonyl (C=O) groups excluding carboxylic acids is 1. The molecular formula is C14H11N5O5. The van der Waals surface area contributed by atoms with Crippen molar-refractivity contribution in [3.05, 3.63) is 74.3 Å². The first-order valence-corrected chi connectivity index (χ1v) is 6.55. The van der Waals surface area contributed by atoms with E-state index in [4.69, 9.17) is 0 Å². The van der Waals surface area contributed by atoms with Crippen LogP contribution in [0.15, 0.2) is 53.6 Å². The first-order chi connectivity index (χ1) is 11.5. The number of anilines is 1. The number of hydrazone groups is 1. The van der Waals surface area contributed by atoms with Crippen molar-refractivity contribution in [3.8, 4) is 0 Å². The number of para-hydroxylation sites is 1. The molecule has 2 rings (SSSR count). The van der Waals surface area contributed by atoms with Crippen LogP contribution in [-0.2, 0) is 0 Å². The number of hydrogen-bond acceptors (Lipinski definition) is 6. The van der Waals surface area contributed by atoms with E-state index in [0.29, 0.717) is 5.69 Å². The number of benzene rings is 2. The Bertz CT molecular complexity index is 803. The van der Waals surface area contributed by atoms with Gasteiger partial charge >= 0.3 is 6.03 Å². The Morgan fingerprint density at radius 1 is 1.00 bits per heavy atom. The first-order valence-electron chi connectivity index (χ1n) is 6.55. The summed E-state index contributed by atoms with van der Waals surface area (Å²) in [6.07, 6.45) is 1.15. The maximum absolute atomic E-state index is 11.6. The van der Waals surface area contributed by atoms with Crippen LogP contribution >= 0.6 is 0 Å². The van der Waals surface area contributed by atoms with Crippen LogP contribution in [0.25, 0.3) is 0 Å². The van der Waals surface area contributed by atoms with Crippen LogP contribution < -0.4 is 10.7 Å². The zero-order chi connectivity index (χ0) is 17.5. The molecule has 24 heavy (non-hydrogen) atoms. The van der Waals surface area contributed by atoms with Crippen LogP contribution in [0.3, 0.4) is 0 Å². The number of non-ortho nitro benzene ring substituents is 1. The predicted molar refractivity (Wildman–Crippen MR) is 85.9 cm³/mol. The molecule has 0 heterocycles. The van der Waals surface area contributed by atoms with Crippen molar-refractivity contribution in [1.29, 1.82) is 0 Å². The Kier molecular flexibility index (Phi) is 5.13. The number of carbonyl (C=O) groups is 1. The first kappa shape index (κ1) is 16.5. The van der Waals surface area contributed by atoms with Crippen molar-refractivity contribution in [2.24, 2.45) is 5.10 Å². The zero-order valence-electron chi connectivity index (χ0n) is 12.1. The molecule has 2 aromatic rings. The standard InChI is InChI=1S/C14H11N5O5/c20-14(16-11-5-7-12(8-6-11)18(21)22)17-15-9-10-3-1-2-4-13(10)19(23)24/h1-9H,(H2,16,17,20)/b15-9+. The fourth-order valence-corrected chi connectivity index (χ4v) is 1.75. The molecule has 122 valence electrons. The van der Waals surface area contributed by atoms with Crippen molar-refractivity contribution in [2.75, 3.05) is 5.32 Å². The van der Waals surface area contributed by atoms with E-state index in [2.05, 4.69) is 15.8 Å². The molecule has 0 saturated carbocycles. The van der Waals surface area contributed by atoms with Crippen LogP contribution in [0.1, 0.15) is 5.56 Å². The summed E-state index contributed by atoms with van der Waals surface area (Å²) in [4.78, 5) is 31.9. The van der Waals surface area contributed by atoms with Gasteiger partial charge in [-0.25, -0.2) is 10.2 Å². The van der Waals surface area contributed by atoms with Gasteiger partial charge in [0.15, 0.2) is 0 Å². The average Bonchev–Trinajstić information content (AvgIpc) is 2.55. The van der Waals surface area contributed by atoms with Crippen LogP contribution in [0, 0.1) is 20.2 Å². The Hall–Kier alpha value is -3.82. The molecular weight excluding hydrogens is 318 g/mol. The number of nitro groups is 2. The van der Waals surface area contributed by atoms with Crippen molar-refractivity contribution in [3.63, 3.8) is 0 Å². The Morgan fingerprint density at radius 3 is 2.29 bits per heavy atom. The van der Waals surface area contributed by atoms with Crippen LogP contribution in [0.2, 0.25) is 0 Å². The van der Waals surface area contributed by atoms with E-state index in [1.165, 1.54) is 42.5 Å². The summed E-state index contributed by atoms with van der Waals surface area (Å²) in [5, 5.41) is 27.4. The second-order valence-corrected chi connectivity index (χ2v) is 4.44. The number of nitrogens with one attached hydrogen (secondary N) is 2. The summed E-state index contributed by atoms with van der Waals surface area (Å²) >= 11 is 0. The SMILES string of the molecule is O=C(N/N=C/c1ccccc1[N+](=O)[O-])Nc1ccc([N+](=O)[O-])cc1. The van der Waals surface area contributed by atoms with E-state index in [0.717, 1.165) is 6.21 Å². The monoisotopic (exact) mass is 329 g/mol. The maximum Gasteiger partial charge on any atom is 0.339 e. The molecule has 2 N–H and O–H groups in total. The third-order valence-corrected chi connectivity index (χ3v) is 2.84. The largest absolute Gasteiger partial charge is 0.339 e. The average molecular weight is 329 g/mol. The number of urea groups is 1. The lowest BCUT2D eigenvalue weighted by molar-refractivity contribution is -0.385. The summed E-state index contributed by atoms with van der Waals surface area (Å²) < 4.78 is 0. The van der Waals surface area contributed by atoms with Crippen LogP contribution in [-0.4, -0.2) is 22.1 Å². The van der Waals surface area contributed by atoms with Crippen molar-refractivity contribution >= 4 is 29.3 Å². The maximum atomic E-state index is 11.6. The molecule has 0 spiro atoms. The van der Waals surface area contributed by atoms with Gasteiger partial charge in [0, 0.05) is 23.9 Å². The lowest BCUT2D eigenvalue weighted by atomic mass is 10.2. The number of rotatable bonds is 5. The minimum Gasteiger partial charge on any atom is -0.307 e. The molecule has 0 aliphatic rings. The van der Waals surface area contributed by atoms with Gasteiger partial charge in [-0.2, -0.15) is 5.10 Å². The molecule has 2 aromatic carbocycles. The van der Waals surface area contributed by atoms with Crippen molar-refractivity contribution < 1.29 is 14.6 Å². The number of amides is 2. The number of hydrogen-bond donors (Lipinski definition) is 2. The molecule has 0 aliphatic heterocycles. The number of nitrogens with zero attached hydrogens (tertiary/aromatic N) is 3. The molecule has 2 amide bonds. The summed E-state index contributed by atoms with van der Waals surface area (Å²) in [5.74, 6) is 0. The van der Waals surface area contributed by atoms with Gasteiger partial charge in [-0.15, -0.1) is 0 Å². The highest BCUT2D eigenvalue weighted by atomic mass is 16.6. The van der Waals surface area contributed by atoms with Crippen molar-refractivity contribution in [2.45, 2.75) is 0 Å². The second kappa shape index (κ2) is 7.45. The summed E-state index contributed by atoms with van der Waals surface area (Å²) in [6, 6.07) is 10.4. The molecule has 0 fully saturated rings. The van der Waals surface area contributed by atoms with Crippen molar-refractivity contribution in [1.82, 2.24) is 5.43 Å². The zero-order valence-corrected chi connectivity index (χ0v) is 12.1. The van der Waals surface area contributed by atoms with Crippen LogP contribution in [0.5, 0.6) is 0 Å². The lowest BCUT2D eigenvalue weighted by Crippen LogP contribution is -2.24. The minimum absolute atomic E-state index is 0.102. The van der Waals surface area contributed by atoms with Gasteiger partial charge in [0.25, 0.3) is 11.4 Å². The van der Waals surface area contributed by atoms with E-state index in [1.807, 2.05) is 0 Å². The summed E-state index contributed by atoms with van der Waals surface area (Å²) in [7, 11) is 0. The smallest absolute Gasteiger partial charge is 0.307 e. The van der Waals surface area contributed by atoms with Gasteiger partial charge in [0.05, 0.1) is 21.6 Å². The molecule has 10 nitrogen and oxygen atoms in total. The molecule has 10 heteroatoms. The highest BCUT2D eigenvalue weighted by molar-refractivity contribution is 5.91. The molecule has 0 aliphatic carbocycles. The van der Waals surface area contributed by atoms with Gasteiger partial charge in [0.2, 0.25) is 0 Å². The highest BCUT2D eigenvalue weighted by Crippen LogP contribution is 2.16. The summed E-state index contributed by atoms with van der Waals surface area (Å²) in [6.45, 7) is 0. The van der Waals surface area contributed by atoms with E-state index < -0.39 is 15.9 Å². The third kappa shape index (κ3) is 4.34. The topological polar surface area (TPSA) is 140 Å². The van der Waals surface area contributed by atoms with E-state index in [1.54, 1.807) is 6.07 Å². The van der Waals surface area contributed by atoms with Gasteiger partial charge in [-0.1, -0.05) is 12.1 Å². The Balaban J connectivity index is 1.96. The Morgan fingerprint density at radius 2 is 1.67 bits per heavy atom. The third-order valence-electron chi connectivity index (χ3n) is 2.84. The van der Waals surface area contributed by atoms with Crippen LogP contribution in [0.4, 0.5) is 21.9 Å². The lowest BCUT2D eigenvalue weighted by Gasteiger charge is -2.03. The van der Waals surface area contributed by atoms with Gasteiger partial charge in [-0.3, -0.25) is 20.2 Å². The quantitative estimate of drug-likeness (QED) is 0.493. The van der Waals surface area contributed by atoms with Gasteiger partial charge in [-0.05, 0) is 18.2 Å². The van der Waals surface area contributed by atoms with E-state index in [9.17, 15) is 25.0 Å². The number of nitro benzene ring substituents is 2. The Labute approximate surface area is 135 Å². The molecule has 0 atom stereocenters. The molecule has 0 radical (unpaired) electrons. The molecule has 0 aromatic heterocycles. The van der Waals surface area contributed by atoms with E-state index >= 15 is 0 Å². The van der Waals surface area contributed by atoms with Gasteiger partial charge in [0.1, 0.15) is 0 Å².